The van der Waals surface area contributed by atoms with Gasteiger partial charge >= 0.3 is 0 Å². The van der Waals surface area contributed by atoms with Gasteiger partial charge in [0.25, 0.3) is 0 Å². The molecule has 0 aliphatic carbocycles. The van der Waals surface area contributed by atoms with Crippen molar-refractivity contribution >= 4 is 17.7 Å². The van der Waals surface area contributed by atoms with E-state index in [1.54, 1.807) is 11.8 Å². The van der Waals surface area contributed by atoms with Crippen LogP contribution < -0.4 is 5.32 Å². The second-order valence-corrected chi connectivity index (χ2v) is 6.65. The van der Waals surface area contributed by atoms with Crippen molar-refractivity contribution in [3.05, 3.63) is 12.0 Å². The molecule has 0 fully saturated rings. The number of ether oxygens (including phenoxy) is 1. The van der Waals surface area contributed by atoms with E-state index in [2.05, 4.69) is 18.8 Å². The molecule has 0 heterocycles. The Hall–Kier alpha value is -0.480. The number of thioether (sulfide) groups is 1. The number of rotatable bonds is 17. The highest BCUT2D eigenvalue weighted by Crippen LogP contribution is 2.10. The van der Waals surface area contributed by atoms with Gasteiger partial charge in [-0.25, -0.2) is 0 Å². The zero-order valence-corrected chi connectivity index (χ0v) is 15.2. The zero-order valence-electron chi connectivity index (χ0n) is 14.4. The molecule has 0 aliphatic heterocycles. The number of amides is 1. The third-order valence-corrected chi connectivity index (χ3v) is 4.18. The van der Waals surface area contributed by atoms with Crippen LogP contribution in [0.5, 0.6) is 0 Å². The molecule has 0 unspecified atom stereocenters. The van der Waals surface area contributed by atoms with E-state index in [1.807, 2.05) is 5.41 Å². The lowest BCUT2D eigenvalue weighted by atomic mass is 10.1. The van der Waals surface area contributed by atoms with Crippen molar-refractivity contribution in [2.75, 3.05) is 25.5 Å². The predicted octanol–water partition coefficient (Wildman–Crippen LogP) is 4.92. The van der Waals surface area contributed by atoms with E-state index >= 15 is 0 Å². The Labute approximate surface area is 141 Å². The van der Waals surface area contributed by atoms with Gasteiger partial charge in [-0.15, -0.1) is 11.8 Å². The number of hydrogen-bond donors (Lipinski definition) is 1. The van der Waals surface area contributed by atoms with Gasteiger partial charge in [0.05, 0.1) is 13.2 Å². The Bertz CT molecular complexity index is 259. The number of carbonyl (C=O) groups is 1. The van der Waals surface area contributed by atoms with Crippen LogP contribution >= 0.6 is 11.8 Å². The first-order chi connectivity index (χ1) is 10.8. The lowest BCUT2D eigenvalue weighted by molar-refractivity contribution is -0.121. The maximum absolute atomic E-state index is 11.6. The van der Waals surface area contributed by atoms with Crippen molar-refractivity contribution in [2.45, 2.75) is 71.1 Å². The van der Waals surface area contributed by atoms with Crippen LogP contribution in [0.2, 0.25) is 0 Å². The molecule has 130 valence electrons. The Morgan fingerprint density at radius 1 is 1.05 bits per heavy atom. The van der Waals surface area contributed by atoms with Gasteiger partial charge in [0.1, 0.15) is 0 Å². The molecule has 0 aromatic carbocycles. The maximum atomic E-state index is 11.6. The van der Waals surface area contributed by atoms with Crippen LogP contribution in [-0.4, -0.2) is 31.4 Å². The quantitative estimate of drug-likeness (QED) is 0.385. The van der Waals surface area contributed by atoms with Crippen LogP contribution in [-0.2, 0) is 9.53 Å². The van der Waals surface area contributed by atoms with E-state index in [1.165, 1.54) is 51.4 Å². The Morgan fingerprint density at radius 3 is 2.32 bits per heavy atom. The molecule has 0 radical (unpaired) electrons. The van der Waals surface area contributed by atoms with E-state index in [0.717, 1.165) is 12.2 Å². The number of carbonyl (C=O) groups excluding carboxylic acids is 1. The minimum Gasteiger partial charge on any atom is -0.379 e. The first kappa shape index (κ1) is 21.5. The van der Waals surface area contributed by atoms with E-state index in [0.29, 0.717) is 26.2 Å². The molecule has 0 atom stereocenters. The van der Waals surface area contributed by atoms with Gasteiger partial charge < -0.3 is 10.1 Å². The summed E-state index contributed by atoms with van der Waals surface area (Å²) in [6, 6.07) is 0. The first-order valence-electron chi connectivity index (χ1n) is 8.88. The Kier molecular flexibility index (Phi) is 18.2. The van der Waals surface area contributed by atoms with Crippen molar-refractivity contribution in [1.82, 2.24) is 5.32 Å². The van der Waals surface area contributed by atoms with Crippen LogP contribution in [0, 0.1) is 0 Å². The van der Waals surface area contributed by atoms with Gasteiger partial charge in [0.2, 0.25) is 5.91 Å². The third-order valence-electron chi connectivity index (χ3n) is 3.54. The second kappa shape index (κ2) is 18.6. The molecule has 3 nitrogen and oxygen atoms in total. The van der Waals surface area contributed by atoms with Crippen molar-refractivity contribution in [1.29, 1.82) is 0 Å². The normalized spacial score (nSPS) is 10.6. The number of nitrogens with one attached hydrogen (secondary N) is 1. The molecule has 0 aromatic rings. The monoisotopic (exact) mass is 329 g/mol. The molecule has 0 aromatic heterocycles. The number of unbranched alkanes of at least 4 members (excludes halogenated alkanes) is 8. The topological polar surface area (TPSA) is 38.3 Å². The molecule has 0 bridgehead atoms. The fourth-order valence-electron chi connectivity index (χ4n) is 2.24. The smallest absolute Gasteiger partial charge is 0.220 e. The average molecular weight is 330 g/mol. The molecule has 0 rings (SSSR count). The molecule has 4 heteroatoms. The van der Waals surface area contributed by atoms with Crippen LogP contribution in [0.4, 0.5) is 0 Å². The lowest BCUT2D eigenvalue weighted by Crippen LogP contribution is -2.27. The summed E-state index contributed by atoms with van der Waals surface area (Å²) < 4.78 is 5.40. The summed E-state index contributed by atoms with van der Waals surface area (Å²) in [6.07, 6.45) is 12.2. The summed E-state index contributed by atoms with van der Waals surface area (Å²) in [4.78, 5) is 11.6. The molecular weight excluding hydrogens is 294 g/mol. The summed E-state index contributed by atoms with van der Waals surface area (Å²) >= 11 is 1.65. The van der Waals surface area contributed by atoms with Crippen molar-refractivity contribution in [2.24, 2.45) is 0 Å². The summed E-state index contributed by atoms with van der Waals surface area (Å²) in [5.41, 5.74) is 0. The summed E-state index contributed by atoms with van der Waals surface area (Å²) in [5.74, 6) is 1.09. The molecule has 1 amide bonds. The maximum Gasteiger partial charge on any atom is 0.220 e. The van der Waals surface area contributed by atoms with Gasteiger partial charge in [0.15, 0.2) is 0 Å². The Balaban J connectivity index is 3.14. The Morgan fingerprint density at radius 2 is 1.68 bits per heavy atom. The lowest BCUT2D eigenvalue weighted by Gasteiger charge is -2.06. The summed E-state index contributed by atoms with van der Waals surface area (Å²) in [7, 11) is 0. The van der Waals surface area contributed by atoms with Gasteiger partial charge in [-0.1, -0.05) is 64.9 Å². The van der Waals surface area contributed by atoms with Gasteiger partial charge in [-0.2, -0.15) is 0 Å². The van der Waals surface area contributed by atoms with E-state index < -0.39 is 0 Å². The first-order valence-corrected chi connectivity index (χ1v) is 9.93. The molecule has 22 heavy (non-hydrogen) atoms. The summed E-state index contributed by atoms with van der Waals surface area (Å²) in [5, 5.41) is 4.72. The molecule has 0 aliphatic rings. The van der Waals surface area contributed by atoms with Crippen molar-refractivity contribution < 1.29 is 9.53 Å². The second-order valence-electron chi connectivity index (χ2n) is 5.58. The fourth-order valence-corrected chi connectivity index (χ4v) is 2.62. The highest BCUT2D eigenvalue weighted by atomic mass is 32.2. The fraction of sp³-hybridized carbons (Fsp3) is 0.833. The van der Waals surface area contributed by atoms with E-state index in [4.69, 9.17) is 4.74 Å². The molecular formula is C18H35NO2S. The van der Waals surface area contributed by atoms with Crippen LogP contribution in [0.3, 0.4) is 0 Å². The van der Waals surface area contributed by atoms with Crippen LogP contribution in [0.1, 0.15) is 71.1 Å². The molecule has 0 spiro atoms. The predicted molar refractivity (Wildman–Crippen MR) is 98.3 cm³/mol. The van der Waals surface area contributed by atoms with Crippen LogP contribution in [0.25, 0.3) is 0 Å². The third kappa shape index (κ3) is 17.6. The van der Waals surface area contributed by atoms with Gasteiger partial charge in [0, 0.05) is 18.7 Å². The summed E-state index contributed by atoms with van der Waals surface area (Å²) in [6.45, 7) is 7.81. The molecule has 0 saturated heterocycles. The highest BCUT2D eigenvalue weighted by molar-refractivity contribution is 8.02. The van der Waals surface area contributed by atoms with Crippen molar-refractivity contribution in [3.8, 4) is 0 Å². The molecule has 0 saturated carbocycles. The zero-order chi connectivity index (χ0) is 16.3. The van der Waals surface area contributed by atoms with E-state index in [9.17, 15) is 4.79 Å². The molecule has 1 N–H and O–H groups in total. The average Bonchev–Trinajstić information content (AvgIpc) is 2.52. The van der Waals surface area contributed by atoms with Gasteiger partial charge in [-0.3, -0.25) is 4.79 Å². The largest absolute Gasteiger partial charge is 0.379 e. The standard InChI is InChI=1S/C18H35NO2S/c1-3-5-6-7-8-9-10-11-12-13-18(20)19-14-15-21-16-17-22-4-2/h4H,2-3,5-17H2,1H3,(H,19,20). The SMILES string of the molecule is C=CSCCOCCNC(=O)CCCCCCCCCCC. The van der Waals surface area contributed by atoms with Gasteiger partial charge in [-0.05, 0) is 11.8 Å². The number of hydrogen-bond acceptors (Lipinski definition) is 3. The van der Waals surface area contributed by atoms with Crippen molar-refractivity contribution in [3.63, 3.8) is 0 Å². The van der Waals surface area contributed by atoms with E-state index in [-0.39, 0.29) is 5.91 Å². The minimum absolute atomic E-state index is 0.159. The minimum atomic E-state index is 0.159. The van der Waals surface area contributed by atoms with Crippen LogP contribution in [0.15, 0.2) is 12.0 Å². The highest BCUT2D eigenvalue weighted by Gasteiger charge is 2.00.